The Morgan fingerprint density at radius 2 is 2.18 bits per heavy atom. The lowest BCUT2D eigenvalue weighted by Crippen LogP contribution is -2.44. The number of fused-ring (bicyclic) bond motifs is 1. The average molecular weight is 249 g/mol. The van der Waals surface area contributed by atoms with Gasteiger partial charge in [0.2, 0.25) is 5.91 Å². The van der Waals surface area contributed by atoms with Crippen molar-refractivity contribution >= 4 is 35.7 Å². The van der Waals surface area contributed by atoms with Gasteiger partial charge in [-0.2, -0.15) is 5.10 Å². The van der Waals surface area contributed by atoms with Gasteiger partial charge in [-0.25, -0.2) is 10.0 Å². The molecule has 1 aromatic rings. The molecule has 2 aliphatic rings. The highest BCUT2D eigenvalue weighted by atomic mass is 35.5. The van der Waals surface area contributed by atoms with Crippen LogP contribution in [0.5, 0.6) is 0 Å². The molecule has 1 aromatic carbocycles. The Kier molecular flexibility index (Phi) is 2.33. The molecule has 17 heavy (non-hydrogen) atoms. The van der Waals surface area contributed by atoms with Gasteiger partial charge in [0.05, 0.1) is 17.0 Å². The summed E-state index contributed by atoms with van der Waals surface area (Å²) in [6.45, 7) is 0. The van der Waals surface area contributed by atoms with Crippen LogP contribution < -0.4 is 10.3 Å². The van der Waals surface area contributed by atoms with E-state index < -0.39 is 0 Å². The predicted molar refractivity (Wildman–Crippen MR) is 66.3 cm³/mol. The van der Waals surface area contributed by atoms with E-state index in [1.165, 1.54) is 6.34 Å². The van der Waals surface area contributed by atoms with Gasteiger partial charge in [0, 0.05) is 6.21 Å². The number of aliphatic imine (C=N–C) groups is 1. The lowest BCUT2D eigenvalue weighted by molar-refractivity contribution is -0.122. The van der Waals surface area contributed by atoms with Crippen LogP contribution in [0.15, 0.2) is 34.4 Å². The fourth-order valence-electron chi connectivity index (χ4n) is 1.92. The zero-order chi connectivity index (χ0) is 11.8. The summed E-state index contributed by atoms with van der Waals surface area (Å²) in [6, 6.07) is 7.35. The van der Waals surface area contributed by atoms with E-state index in [0.717, 1.165) is 5.69 Å². The first-order valence-corrected chi connectivity index (χ1v) is 5.55. The molecule has 5 nitrogen and oxygen atoms in total. The quantitative estimate of drug-likeness (QED) is 0.813. The first-order chi connectivity index (χ1) is 8.27. The minimum absolute atomic E-state index is 0.0942. The van der Waals surface area contributed by atoms with E-state index in [0.29, 0.717) is 5.02 Å². The summed E-state index contributed by atoms with van der Waals surface area (Å²) >= 11 is 6.10. The summed E-state index contributed by atoms with van der Waals surface area (Å²) in [5.41, 5.74) is 0.754. The summed E-state index contributed by atoms with van der Waals surface area (Å²) < 4.78 is 0. The number of hydrazone groups is 1. The zero-order valence-corrected chi connectivity index (χ0v) is 9.50. The van der Waals surface area contributed by atoms with Crippen LogP contribution in [0.4, 0.5) is 5.69 Å². The molecular formula is C11H9ClN4O. The SMILES string of the molecule is O=C1NC=NC2C1C=NN2c1ccccc1Cl. The summed E-state index contributed by atoms with van der Waals surface area (Å²) in [4.78, 5) is 15.8. The van der Waals surface area contributed by atoms with Gasteiger partial charge in [-0.15, -0.1) is 0 Å². The molecule has 2 aliphatic heterocycles. The molecule has 0 bridgehead atoms. The smallest absolute Gasteiger partial charge is 0.237 e. The van der Waals surface area contributed by atoms with Crippen molar-refractivity contribution in [2.75, 3.05) is 5.01 Å². The first kappa shape index (κ1) is 10.3. The molecule has 2 heterocycles. The number of hydrogen-bond acceptors (Lipinski definition) is 4. The molecule has 1 amide bonds. The fraction of sp³-hybridized carbons (Fsp3) is 0.182. The van der Waals surface area contributed by atoms with Crippen molar-refractivity contribution in [3.63, 3.8) is 0 Å². The van der Waals surface area contributed by atoms with Crippen LogP contribution in [-0.2, 0) is 4.79 Å². The second-order valence-corrected chi connectivity index (χ2v) is 4.19. The molecule has 0 aliphatic carbocycles. The summed E-state index contributed by atoms with van der Waals surface area (Å²) in [5.74, 6) is -0.445. The molecule has 2 atom stereocenters. The Labute approximate surface area is 103 Å². The highest BCUT2D eigenvalue weighted by Gasteiger charge is 2.38. The maximum atomic E-state index is 11.6. The largest absolute Gasteiger partial charge is 0.316 e. The molecule has 0 aromatic heterocycles. The average Bonchev–Trinajstić information content (AvgIpc) is 2.75. The number of nitrogens with zero attached hydrogens (tertiary/aromatic N) is 3. The van der Waals surface area contributed by atoms with E-state index in [4.69, 9.17) is 11.6 Å². The standard InChI is InChI=1S/C11H9ClN4O/c12-8-3-1-2-4-9(8)16-10-7(5-15-16)11(17)14-6-13-10/h1-7,10H,(H,13,14,17). The van der Waals surface area contributed by atoms with Crippen LogP contribution in [-0.4, -0.2) is 24.6 Å². The molecule has 3 rings (SSSR count). The maximum Gasteiger partial charge on any atom is 0.237 e. The highest BCUT2D eigenvalue weighted by Crippen LogP contribution is 2.32. The highest BCUT2D eigenvalue weighted by molar-refractivity contribution is 6.33. The lowest BCUT2D eigenvalue weighted by atomic mass is 10.1. The van der Waals surface area contributed by atoms with Crippen molar-refractivity contribution < 1.29 is 4.79 Å². The van der Waals surface area contributed by atoms with Gasteiger partial charge in [-0.3, -0.25) is 4.79 Å². The molecule has 6 heteroatoms. The lowest BCUT2D eigenvalue weighted by Gasteiger charge is -2.26. The number of amides is 1. The molecular weight excluding hydrogens is 240 g/mol. The molecule has 0 saturated heterocycles. The van der Waals surface area contributed by atoms with E-state index >= 15 is 0 Å². The predicted octanol–water partition coefficient (Wildman–Crippen LogP) is 1.25. The number of carbonyl (C=O) groups is 1. The Balaban J connectivity index is 1.99. The van der Waals surface area contributed by atoms with E-state index in [9.17, 15) is 4.79 Å². The zero-order valence-electron chi connectivity index (χ0n) is 8.75. The number of halogens is 1. The van der Waals surface area contributed by atoms with E-state index in [1.807, 2.05) is 18.2 Å². The number of benzene rings is 1. The number of nitrogens with one attached hydrogen (secondary N) is 1. The molecule has 2 unspecified atom stereocenters. The Hall–Kier alpha value is -1.88. The normalized spacial score (nSPS) is 25.9. The van der Waals surface area contributed by atoms with Crippen LogP contribution >= 0.6 is 11.6 Å². The Bertz CT molecular complexity index is 528. The number of anilines is 1. The van der Waals surface area contributed by atoms with Crippen molar-refractivity contribution in [1.29, 1.82) is 0 Å². The Morgan fingerprint density at radius 1 is 1.35 bits per heavy atom. The van der Waals surface area contributed by atoms with Gasteiger partial charge in [-0.1, -0.05) is 23.7 Å². The number of para-hydroxylation sites is 1. The molecule has 0 fully saturated rings. The number of carbonyl (C=O) groups excluding carboxylic acids is 1. The maximum absolute atomic E-state index is 11.6. The van der Waals surface area contributed by atoms with E-state index in [1.54, 1.807) is 17.3 Å². The number of rotatable bonds is 1. The van der Waals surface area contributed by atoms with Gasteiger partial charge in [-0.05, 0) is 12.1 Å². The minimum Gasteiger partial charge on any atom is -0.316 e. The second-order valence-electron chi connectivity index (χ2n) is 3.79. The van der Waals surface area contributed by atoms with E-state index in [-0.39, 0.29) is 18.0 Å². The van der Waals surface area contributed by atoms with Crippen molar-refractivity contribution in [1.82, 2.24) is 5.32 Å². The van der Waals surface area contributed by atoms with E-state index in [2.05, 4.69) is 15.4 Å². The van der Waals surface area contributed by atoms with Crippen LogP contribution in [0.2, 0.25) is 5.02 Å². The van der Waals surface area contributed by atoms with Gasteiger partial charge in [0.15, 0.2) is 6.17 Å². The summed E-state index contributed by atoms with van der Waals surface area (Å²) in [7, 11) is 0. The van der Waals surface area contributed by atoms with Gasteiger partial charge in [0.25, 0.3) is 0 Å². The van der Waals surface area contributed by atoms with Crippen LogP contribution in [0.3, 0.4) is 0 Å². The minimum atomic E-state index is -0.351. The third-order valence-corrected chi connectivity index (χ3v) is 3.08. The fourth-order valence-corrected chi connectivity index (χ4v) is 2.14. The third kappa shape index (κ3) is 1.59. The van der Waals surface area contributed by atoms with Crippen molar-refractivity contribution in [2.24, 2.45) is 16.0 Å². The van der Waals surface area contributed by atoms with Crippen molar-refractivity contribution in [3.05, 3.63) is 29.3 Å². The molecule has 0 spiro atoms. The topological polar surface area (TPSA) is 57.1 Å². The van der Waals surface area contributed by atoms with Crippen LogP contribution in [0.25, 0.3) is 0 Å². The molecule has 0 saturated carbocycles. The van der Waals surface area contributed by atoms with Gasteiger partial charge < -0.3 is 5.32 Å². The molecule has 86 valence electrons. The van der Waals surface area contributed by atoms with Crippen LogP contribution in [0, 0.1) is 5.92 Å². The summed E-state index contributed by atoms with van der Waals surface area (Å²) in [5, 5.41) is 9.03. The Morgan fingerprint density at radius 3 is 3.00 bits per heavy atom. The second kappa shape index (κ2) is 3.85. The van der Waals surface area contributed by atoms with Gasteiger partial charge >= 0.3 is 0 Å². The van der Waals surface area contributed by atoms with Crippen molar-refractivity contribution in [3.8, 4) is 0 Å². The van der Waals surface area contributed by atoms with Gasteiger partial charge in [0.1, 0.15) is 5.92 Å². The monoisotopic (exact) mass is 248 g/mol. The van der Waals surface area contributed by atoms with Crippen molar-refractivity contribution in [2.45, 2.75) is 6.17 Å². The summed E-state index contributed by atoms with van der Waals surface area (Å²) in [6.07, 6.45) is 2.67. The first-order valence-electron chi connectivity index (χ1n) is 5.17. The molecule has 0 radical (unpaired) electrons. The number of hydrogen-bond donors (Lipinski definition) is 1. The third-order valence-electron chi connectivity index (χ3n) is 2.76. The van der Waals surface area contributed by atoms with Crippen LogP contribution in [0.1, 0.15) is 0 Å². The molecule has 1 N–H and O–H groups in total.